The molecule has 230 valence electrons. The summed E-state index contributed by atoms with van der Waals surface area (Å²) < 4.78 is 0. The molecule has 0 aliphatic heterocycles. The molecule has 0 spiro atoms. The zero-order chi connectivity index (χ0) is 32.4. The van der Waals surface area contributed by atoms with Gasteiger partial charge < -0.3 is 0 Å². The van der Waals surface area contributed by atoms with Crippen molar-refractivity contribution in [2.24, 2.45) is 0 Å². The molecule has 0 fully saturated rings. The molecule has 8 aromatic rings. The van der Waals surface area contributed by atoms with Gasteiger partial charge in [-0.3, -0.25) is 0 Å². The Labute approximate surface area is 286 Å². The molecule has 0 saturated heterocycles. The molecule has 0 radical (unpaired) electrons. The highest BCUT2D eigenvalue weighted by molar-refractivity contribution is 6.26. The van der Waals surface area contributed by atoms with E-state index in [1.165, 1.54) is 110 Å². The molecule has 8 aromatic carbocycles. The molecule has 0 nitrogen and oxygen atoms in total. The fraction of sp³-hybridized carbons (Fsp3) is 0.102. The predicted octanol–water partition coefficient (Wildman–Crippen LogP) is 13.3. The van der Waals surface area contributed by atoms with Crippen molar-refractivity contribution in [3.63, 3.8) is 0 Å². The summed E-state index contributed by atoms with van der Waals surface area (Å²) in [4.78, 5) is 0. The molecule has 0 unspecified atom stereocenters. The van der Waals surface area contributed by atoms with Gasteiger partial charge in [0.2, 0.25) is 0 Å². The van der Waals surface area contributed by atoms with Gasteiger partial charge in [0.15, 0.2) is 0 Å². The average Bonchev–Trinajstić information content (AvgIpc) is 3.38. The molecule has 0 saturated carbocycles. The Morgan fingerprint density at radius 2 is 1.10 bits per heavy atom. The molecule has 11 rings (SSSR count). The fourth-order valence-corrected chi connectivity index (χ4v) is 9.43. The second kappa shape index (κ2) is 9.68. The van der Waals surface area contributed by atoms with Crippen LogP contribution in [-0.2, 0) is 11.8 Å². The molecule has 3 aliphatic carbocycles. The molecule has 0 aromatic heterocycles. The van der Waals surface area contributed by atoms with Gasteiger partial charge >= 0.3 is 0 Å². The number of benzene rings is 8. The van der Waals surface area contributed by atoms with Gasteiger partial charge in [-0.1, -0.05) is 141 Å². The maximum Gasteiger partial charge on any atom is 0.0159 e. The Kier molecular flexibility index (Phi) is 5.38. The van der Waals surface area contributed by atoms with Crippen LogP contribution in [0.25, 0.3) is 88.1 Å². The van der Waals surface area contributed by atoms with E-state index >= 15 is 0 Å². The number of rotatable bonds is 2. The third-order valence-corrected chi connectivity index (χ3v) is 11.9. The van der Waals surface area contributed by atoms with Crippen molar-refractivity contribution in [2.75, 3.05) is 0 Å². The molecule has 0 atom stereocenters. The van der Waals surface area contributed by atoms with E-state index in [0.717, 1.165) is 12.8 Å². The van der Waals surface area contributed by atoms with Gasteiger partial charge in [0, 0.05) is 5.41 Å². The SMILES string of the molecule is CC1(C)c2cc(-c3ccc(-c4ccc5c6c7c(ccc46)C=CCC7=CC5)cc3)ccc2-c2cc3c4ccccc4c4ccccc4c3cc21. The van der Waals surface area contributed by atoms with Crippen LogP contribution in [-0.4, -0.2) is 0 Å². The van der Waals surface area contributed by atoms with Gasteiger partial charge in [0.1, 0.15) is 0 Å². The largest absolute Gasteiger partial charge is 0.0795 e. The third-order valence-electron chi connectivity index (χ3n) is 11.9. The Morgan fingerprint density at radius 1 is 0.469 bits per heavy atom. The van der Waals surface area contributed by atoms with Crippen LogP contribution in [0.5, 0.6) is 0 Å². The van der Waals surface area contributed by atoms with Crippen LogP contribution in [0.4, 0.5) is 0 Å². The van der Waals surface area contributed by atoms with Crippen LogP contribution < -0.4 is 0 Å². The second-order valence-corrected chi connectivity index (χ2v) is 14.8. The molecule has 0 N–H and O–H groups in total. The van der Waals surface area contributed by atoms with Crippen molar-refractivity contribution in [3.05, 3.63) is 167 Å². The molecule has 0 bridgehead atoms. The summed E-state index contributed by atoms with van der Waals surface area (Å²) >= 11 is 0. The Morgan fingerprint density at radius 3 is 1.86 bits per heavy atom. The first-order valence-electron chi connectivity index (χ1n) is 17.6. The van der Waals surface area contributed by atoms with E-state index in [-0.39, 0.29) is 5.41 Å². The van der Waals surface area contributed by atoms with Crippen molar-refractivity contribution in [3.8, 4) is 33.4 Å². The molecule has 3 aliphatic rings. The van der Waals surface area contributed by atoms with Crippen molar-refractivity contribution in [1.82, 2.24) is 0 Å². The first-order valence-corrected chi connectivity index (χ1v) is 17.6. The maximum atomic E-state index is 2.49. The Balaban J connectivity index is 1.02. The number of hydrogen-bond donors (Lipinski definition) is 0. The fourth-order valence-electron chi connectivity index (χ4n) is 9.43. The first kappa shape index (κ1) is 27.3. The smallest absolute Gasteiger partial charge is 0.0159 e. The average molecular weight is 623 g/mol. The van der Waals surface area contributed by atoms with E-state index < -0.39 is 0 Å². The van der Waals surface area contributed by atoms with Gasteiger partial charge in [-0.15, -0.1) is 0 Å². The lowest BCUT2D eigenvalue weighted by Crippen LogP contribution is -2.15. The third kappa shape index (κ3) is 3.69. The van der Waals surface area contributed by atoms with Crippen LogP contribution in [0.15, 0.2) is 140 Å². The first-order chi connectivity index (χ1) is 24.0. The minimum atomic E-state index is -0.102. The Bertz CT molecular complexity index is 2820. The summed E-state index contributed by atoms with van der Waals surface area (Å²) in [5.41, 5.74) is 16.3. The van der Waals surface area contributed by atoms with Crippen LogP contribution in [0.1, 0.15) is 48.1 Å². The van der Waals surface area contributed by atoms with Crippen molar-refractivity contribution in [2.45, 2.75) is 32.1 Å². The highest BCUT2D eigenvalue weighted by Crippen LogP contribution is 2.52. The zero-order valence-electron chi connectivity index (χ0n) is 27.8. The maximum absolute atomic E-state index is 2.49. The van der Waals surface area contributed by atoms with Gasteiger partial charge in [-0.2, -0.15) is 0 Å². The quantitative estimate of drug-likeness (QED) is 0.168. The lowest BCUT2D eigenvalue weighted by molar-refractivity contribution is 0.661. The van der Waals surface area contributed by atoms with Crippen LogP contribution in [0.2, 0.25) is 0 Å². The van der Waals surface area contributed by atoms with E-state index in [1.807, 2.05) is 0 Å². The monoisotopic (exact) mass is 622 g/mol. The summed E-state index contributed by atoms with van der Waals surface area (Å²) in [5, 5.41) is 10.8. The Hall–Kier alpha value is -5.72. The number of fused-ring (bicyclic) bond motifs is 9. The van der Waals surface area contributed by atoms with Gasteiger partial charge in [-0.25, -0.2) is 0 Å². The van der Waals surface area contributed by atoms with Crippen molar-refractivity contribution in [1.29, 1.82) is 0 Å². The molecule has 0 amide bonds. The number of hydrogen-bond acceptors (Lipinski definition) is 0. The summed E-state index contributed by atoms with van der Waals surface area (Å²) in [5.74, 6) is 0. The van der Waals surface area contributed by atoms with Gasteiger partial charge in [-0.05, 0) is 141 Å². The van der Waals surface area contributed by atoms with Crippen LogP contribution in [0, 0.1) is 0 Å². The highest BCUT2D eigenvalue weighted by Gasteiger charge is 2.36. The lowest BCUT2D eigenvalue weighted by Gasteiger charge is -2.24. The molecule has 49 heavy (non-hydrogen) atoms. The number of allylic oxidation sites excluding steroid dienone is 3. The van der Waals surface area contributed by atoms with E-state index in [2.05, 4.69) is 159 Å². The van der Waals surface area contributed by atoms with Crippen molar-refractivity contribution >= 4 is 54.7 Å². The van der Waals surface area contributed by atoms with Crippen molar-refractivity contribution < 1.29 is 0 Å². The predicted molar refractivity (Wildman–Crippen MR) is 210 cm³/mol. The molecular weight excluding hydrogens is 589 g/mol. The zero-order valence-corrected chi connectivity index (χ0v) is 27.8. The van der Waals surface area contributed by atoms with Crippen LogP contribution in [0.3, 0.4) is 0 Å². The second-order valence-electron chi connectivity index (χ2n) is 14.8. The standard InChI is InChI=1S/C49H34/c1-49(2)45-26-34(22-24-40(45)44-27-42-38-12-5-3-10-36(38)37-11-4-6-13-39(37)43(42)28-46(44)49)29-14-16-30(17-15-29)35-23-20-33-19-18-31-8-7-9-32-21-25-41(35)48(33)47(31)32/h3-7,9-18,20-28H,8,19H2,1-2H3. The van der Waals surface area contributed by atoms with Gasteiger partial charge in [0.05, 0.1) is 0 Å². The van der Waals surface area contributed by atoms with E-state index in [4.69, 9.17) is 0 Å². The normalized spacial score (nSPS) is 15.2. The minimum absolute atomic E-state index is 0.102. The molecule has 0 heteroatoms. The summed E-state index contributed by atoms with van der Waals surface area (Å²) in [6.45, 7) is 4.80. The van der Waals surface area contributed by atoms with E-state index in [1.54, 1.807) is 0 Å². The summed E-state index contributed by atoms with van der Waals surface area (Å²) in [6.07, 6.45) is 9.10. The minimum Gasteiger partial charge on any atom is -0.0795 e. The molecule has 0 heterocycles. The van der Waals surface area contributed by atoms with E-state index in [9.17, 15) is 0 Å². The molecular formula is C49H34. The lowest BCUT2D eigenvalue weighted by atomic mass is 9.79. The summed E-state index contributed by atoms with van der Waals surface area (Å²) in [6, 6.07) is 48.5. The van der Waals surface area contributed by atoms with Crippen LogP contribution >= 0.6 is 0 Å². The topological polar surface area (TPSA) is 0 Å². The van der Waals surface area contributed by atoms with Gasteiger partial charge in [0.25, 0.3) is 0 Å². The highest BCUT2D eigenvalue weighted by atomic mass is 14.4. The summed E-state index contributed by atoms with van der Waals surface area (Å²) in [7, 11) is 0. The van der Waals surface area contributed by atoms with E-state index in [0.29, 0.717) is 0 Å².